The Bertz CT molecular complexity index is 3210. The summed E-state index contributed by atoms with van der Waals surface area (Å²) in [6.07, 6.45) is 5.86. The predicted molar refractivity (Wildman–Crippen MR) is 254 cm³/mol. The van der Waals surface area contributed by atoms with Crippen molar-refractivity contribution in [3.63, 3.8) is 0 Å². The fraction of sp³-hybridized carbons (Fsp3) is 0.0345. The molecule has 9 aromatic rings. The van der Waals surface area contributed by atoms with Gasteiger partial charge >= 0.3 is 0 Å². The summed E-state index contributed by atoms with van der Waals surface area (Å²) in [5, 5.41) is 6.36. The monoisotopic (exact) mass is 764 g/mol. The van der Waals surface area contributed by atoms with Crippen LogP contribution in [0.3, 0.4) is 0 Å². The molecule has 12 rings (SSSR count). The Morgan fingerprint density at radius 1 is 0.383 bits per heavy atom. The first-order valence-corrected chi connectivity index (χ1v) is 20.9. The van der Waals surface area contributed by atoms with Crippen LogP contribution in [0.15, 0.2) is 218 Å². The molecule has 2 aliphatic heterocycles. The van der Waals surface area contributed by atoms with Gasteiger partial charge in [-0.05, 0) is 133 Å². The van der Waals surface area contributed by atoms with Crippen LogP contribution in [-0.4, -0.2) is 6.04 Å². The highest BCUT2D eigenvalue weighted by Crippen LogP contribution is 2.48. The van der Waals surface area contributed by atoms with Crippen molar-refractivity contribution in [1.29, 1.82) is 0 Å². The Hall–Kier alpha value is -7.68. The summed E-state index contributed by atoms with van der Waals surface area (Å²) in [4.78, 5) is 2.54. The minimum Gasteiger partial charge on any atom is -0.355 e. The Morgan fingerprint density at radius 2 is 0.983 bits per heavy atom. The zero-order valence-corrected chi connectivity index (χ0v) is 33.0. The molecule has 0 fully saturated rings. The molecule has 0 saturated carbocycles. The van der Waals surface area contributed by atoms with Gasteiger partial charge in [-0.3, -0.25) is 0 Å². The number of para-hydroxylation sites is 2. The molecule has 1 atom stereocenters. The van der Waals surface area contributed by atoms with Crippen molar-refractivity contribution < 1.29 is 0 Å². The van der Waals surface area contributed by atoms with Crippen LogP contribution in [0, 0.1) is 0 Å². The van der Waals surface area contributed by atoms with E-state index in [0.29, 0.717) is 0 Å². The molecule has 2 nitrogen and oxygen atoms in total. The van der Waals surface area contributed by atoms with Gasteiger partial charge in [0.25, 0.3) is 0 Å². The van der Waals surface area contributed by atoms with Crippen LogP contribution in [0.25, 0.3) is 77.6 Å². The largest absolute Gasteiger partial charge is 0.355 e. The van der Waals surface area contributed by atoms with E-state index in [0.717, 1.165) is 17.8 Å². The molecule has 9 aromatic carbocycles. The van der Waals surface area contributed by atoms with E-state index in [1.807, 2.05) is 0 Å². The second kappa shape index (κ2) is 14.0. The molecule has 0 aromatic heterocycles. The van der Waals surface area contributed by atoms with Gasteiger partial charge in [0.2, 0.25) is 0 Å². The summed E-state index contributed by atoms with van der Waals surface area (Å²) in [7, 11) is 0. The normalized spacial score (nSPS) is 14.7. The summed E-state index contributed by atoms with van der Waals surface area (Å²) >= 11 is 0. The quantitative estimate of drug-likeness (QED) is 0.192. The summed E-state index contributed by atoms with van der Waals surface area (Å²) in [6.45, 7) is 0. The molecule has 2 heterocycles. The highest BCUT2D eigenvalue weighted by Gasteiger charge is 2.32. The highest BCUT2D eigenvalue weighted by molar-refractivity contribution is 6.02. The molecule has 3 aliphatic rings. The van der Waals surface area contributed by atoms with Crippen LogP contribution in [0.5, 0.6) is 0 Å². The highest BCUT2D eigenvalue weighted by atomic mass is 15.2. The second-order valence-corrected chi connectivity index (χ2v) is 16.2. The summed E-state index contributed by atoms with van der Waals surface area (Å²) in [5.41, 5.74) is 22.0. The maximum absolute atomic E-state index is 3.87. The number of fused-ring (bicyclic) bond motifs is 13. The van der Waals surface area contributed by atoms with Gasteiger partial charge in [0.1, 0.15) is 0 Å². The van der Waals surface area contributed by atoms with E-state index >= 15 is 0 Å². The van der Waals surface area contributed by atoms with Gasteiger partial charge in [-0.1, -0.05) is 164 Å². The van der Waals surface area contributed by atoms with Crippen molar-refractivity contribution in [3.8, 4) is 55.6 Å². The summed E-state index contributed by atoms with van der Waals surface area (Å²) in [5.74, 6) is 0. The number of anilines is 4. The number of benzene rings is 9. The lowest BCUT2D eigenvalue weighted by atomic mass is 9.82. The van der Waals surface area contributed by atoms with Gasteiger partial charge in [0.15, 0.2) is 0 Å². The van der Waals surface area contributed by atoms with E-state index in [-0.39, 0.29) is 6.04 Å². The van der Waals surface area contributed by atoms with Gasteiger partial charge in [-0.15, -0.1) is 0 Å². The molecular weight excluding hydrogens is 725 g/mol. The standard InChI is InChI=1S/C58H40N2/c1-2-12-38(13-3-1)41-16-11-19-49(32-41)60-50-33-47(31-48(34-50)51-20-7-9-23-58(51)60)40-26-24-39(25-27-40)44-28-29-57-54(36-44)46-18-10-17-45(30-46)53-35-42-14-4-5-15-43(42)37-55(53)52-21-6-8-22-56(52)59-57/h1-33,35-37,50,59H,34H2. The van der Waals surface area contributed by atoms with Crippen LogP contribution in [-0.2, 0) is 0 Å². The van der Waals surface area contributed by atoms with Crippen molar-refractivity contribution in [2.75, 3.05) is 10.2 Å². The lowest BCUT2D eigenvalue weighted by Gasteiger charge is -2.41. The van der Waals surface area contributed by atoms with E-state index in [9.17, 15) is 0 Å². The molecule has 0 amide bonds. The van der Waals surface area contributed by atoms with Crippen molar-refractivity contribution >= 4 is 44.7 Å². The first-order valence-electron chi connectivity index (χ1n) is 20.9. The van der Waals surface area contributed by atoms with Crippen LogP contribution in [0.4, 0.5) is 22.7 Å². The van der Waals surface area contributed by atoms with Crippen LogP contribution in [0.1, 0.15) is 17.5 Å². The fourth-order valence-electron chi connectivity index (χ4n) is 9.70. The number of nitrogens with one attached hydrogen (secondary N) is 1. The maximum Gasteiger partial charge on any atom is 0.0572 e. The Balaban J connectivity index is 0.910. The molecule has 1 aliphatic carbocycles. The van der Waals surface area contributed by atoms with Crippen molar-refractivity contribution in [2.45, 2.75) is 12.5 Å². The minimum atomic E-state index is 0.210. The third-order valence-corrected chi connectivity index (χ3v) is 12.6. The topological polar surface area (TPSA) is 15.3 Å². The molecule has 0 saturated heterocycles. The van der Waals surface area contributed by atoms with E-state index in [1.54, 1.807) is 0 Å². The van der Waals surface area contributed by atoms with E-state index in [4.69, 9.17) is 0 Å². The molecule has 1 N–H and O–H groups in total. The fourth-order valence-corrected chi connectivity index (χ4v) is 9.70. The molecule has 1 unspecified atom stereocenters. The molecule has 60 heavy (non-hydrogen) atoms. The van der Waals surface area contributed by atoms with Crippen molar-refractivity contribution in [1.82, 2.24) is 0 Å². The van der Waals surface area contributed by atoms with Gasteiger partial charge in [-0.25, -0.2) is 0 Å². The van der Waals surface area contributed by atoms with E-state index in [1.165, 1.54) is 100 Å². The van der Waals surface area contributed by atoms with Gasteiger partial charge in [-0.2, -0.15) is 0 Å². The maximum atomic E-state index is 3.87. The number of nitrogens with zero attached hydrogens (tertiary/aromatic N) is 1. The van der Waals surface area contributed by atoms with Crippen LogP contribution < -0.4 is 10.2 Å². The molecule has 0 spiro atoms. The third-order valence-electron chi connectivity index (χ3n) is 12.6. The van der Waals surface area contributed by atoms with Crippen LogP contribution in [0.2, 0.25) is 0 Å². The Kier molecular flexibility index (Phi) is 8.02. The summed E-state index contributed by atoms with van der Waals surface area (Å²) in [6, 6.07) is 75.9. The second-order valence-electron chi connectivity index (χ2n) is 16.2. The Labute approximate surface area is 351 Å². The molecular formula is C58H40N2. The van der Waals surface area contributed by atoms with Crippen molar-refractivity contribution in [3.05, 3.63) is 230 Å². The first-order chi connectivity index (χ1) is 29.7. The molecule has 282 valence electrons. The lowest BCUT2D eigenvalue weighted by Crippen LogP contribution is -2.35. The molecule has 0 radical (unpaired) electrons. The van der Waals surface area contributed by atoms with E-state index in [2.05, 4.69) is 229 Å². The van der Waals surface area contributed by atoms with E-state index < -0.39 is 0 Å². The summed E-state index contributed by atoms with van der Waals surface area (Å²) < 4.78 is 0. The average molecular weight is 765 g/mol. The molecule has 2 heteroatoms. The van der Waals surface area contributed by atoms with Gasteiger partial charge in [0.05, 0.1) is 6.04 Å². The van der Waals surface area contributed by atoms with Crippen molar-refractivity contribution in [2.24, 2.45) is 0 Å². The number of hydrogen-bond acceptors (Lipinski definition) is 2. The Morgan fingerprint density at radius 3 is 1.83 bits per heavy atom. The number of allylic oxidation sites excluding steroid dienone is 2. The molecule has 4 bridgehead atoms. The van der Waals surface area contributed by atoms with Crippen LogP contribution >= 0.6 is 0 Å². The number of hydrogen-bond donors (Lipinski definition) is 1. The lowest BCUT2D eigenvalue weighted by molar-refractivity contribution is 0.778. The zero-order chi connectivity index (χ0) is 39.6. The third kappa shape index (κ3) is 5.88. The minimum absolute atomic E-state index is 0.210. The van der Waals surface area contributed by atoms with Gasteiger partial charge in [0, 0.05) is 39.4 Å². The van der Waals surface area contributed by atoms with Gasteiger partial charge < -0.3 is 10.2 Å². The average Bonchev–Trinajstić information content (AvgIpc) is 3.32. The SMILES string of the molecule is C1=C(c2ccc(-c3ccc4c(c3)-c3cccc(c3)-c3cc5ccccc5cc3-c3ccccc3N4)cc2)C=C2CC1N(c1cccc(-c3ccccc3)c1)c1ccccc12. The number of rotatable bonds is 4. The first kappa shape index (κ1) is 34.4. The predicted octanol–water partition coefficient (Wildman–Crippen LogP) is 15.6. The zero-order valence-electron chi connectivity index (χ0n) is 33.0. The smallest absolute Gasteiger partial charge is 0.0572 e.